The van der Waals surface area contributed by atoms with Crippen LogP contribution in [0.4, 0.5) is 11.8 Å². The van der Waals surface area contributed by atoms with Crippen molar-refractivity contribution in [1.82, 2.24) is 15.0 Å². The highest BCUT2D eigenvalue weighted by Gasteiger charge is 2.09. The van der Waals surface area contributed by atoms with Crippen LogP contribution in [0.2, 0.25) is 0 Å². The minimum atomic E-state index is 0.184. The summed E-state index contributed by atoms with van der Waals surface area (Å²) in [7, 11) is 0. The minimum Gasteiger partial charge on any atom is -0.368 e. The van der Waals surface area contributed by atoms with Gasteiger partial charge in [-0.15, -0.1) is 0 Å². The number of aromatic nitrogens is 3. The van der Waals surface area contributed by atoms with E-state index in [0.717, 1.165) is 5.39 Å². The van der Waals surface area contributed by atoms with E-state index < -0.39 is 0 Å². The van der Waals surface area contributed by atoms with Gasteiger partial charge in [0, 0.05) is 17.6 Å². The molecule has 17 heavy (non-hydrogen) atoms. The number of nitrogens with two attached hydrogens (primary N) is 1. The van der Waals surface area contributed by atoms with Crippen molar-refractivity contribution < 1.29 is 4.79 Å². The molecular formula is C11H13N5O. The lowest BCUT2D eigenvalue weighted by molar-refractivity contribution is 0.111. The predicted molar refractivity (Wildman–Crippen MR) is 65.9 cm³/mol. The van der Waals surface area contributed by atoms with E-state index in [1.54, 1.807) is 12.3 Å². The standard InChI is InChI=1S/C11H13N5O/c1-6(2)14-10-9-7(3-8(5-17)15-10)4-13-11(12)16-9/h3-6H,1-2H3,(H,14,15)(H2,12,13,16). The molecule has 0 aliphatic rings. The van der Waals surface area contributed by atoms with Gasteiger partial charge in [0.15, 0.2) is 12.1 Å². The molecule has 0 aliphatic heterocycles. The molecule has 2 aromatic heterocycles. The summed E-state index contributed by atoms with van der Waals surface area (Å²) in [5.74, 6) is 0.735. The van der Waals surface area contributed by atoms with Crippen LogP contribution in [-0.2, 0) is 0 Å². The van der Waals surface area contributed by atoms with Gasteiger partial charge in [0.25, 0.3) is 0 Å². The van der Waals surface area contributed by atoms with Gasteiger partial charge in [0.2, 0.25) is 5.95 Å². The molecule has 0 radical (unpaired) electrons. The molecule has 3 N–H and O–H groups in total. The first-order valence-corrected chi connectivity index (χ1v) is 5.25. The average molecular weight is 231 g/mol. The van der Waals surface area contributed by atoms with Crippen molar-refractivity contribution in [3.63, 3.8) is 0 Å². The van der Waals surface area contributed by atoms with E-state index in [1.807, 2.05) is 13.8 Å². The van der Waals surface area contributed by atoms with Crippen molar-refractivity contribution in [2.24, 2.45) is 0 Å². The number of rotatable bonds is 3. The zero-order valence-corrected chi connectivity index (χ0v) is 9.64. The van der Waals surface area contributed by atoms with E-state index in [-0.39, 0.29) is 12.0 Å². The summed E-state index contributed by atoms with van der Waals surface area (Å²) in [5.41, 5.74) is 6.51. The third-order valence-corrected chi connectivity index (χ3v) is 2.15. The van der Waals surface area contributed by atoms with E-state index >= 15 is 0 Å². The molecule has 88 valence electrons. The van der Waals surface area contributed by atoms with E-state index in [0.29, 0.717) is 23.3 Å². The number of aldehydes is 1. The Labute approximate surface area is 98.3 Å². The molecule has 0 unspecified atom stereocenters. The quantitative estimate of drug-likeness (QED) is 0.772. The van der Waals surface area contributed by atoms with E-state index in [2.05, 4.69) is 20.3 Å². The molecule has 0 aliphatic carbocycles. The van der Waals surface area contributed by atoms with Gasteiger partial charge in [0.05, 0.1) is 0 Å². The molecule has 0 fully saturated rings. The van der Waals surface area contributed by atoms with Gasteiger partial charge < -0.3 is 11.1 Å². The van der Waals surface area contributed by atoms with Crippen LogP contribution in [0.15, 0.2) is 12.3 Å². The number of nitrogens with zero attached hydrogens (tertiary/aromatic N) is 3. The summed E-state index contributed by atoms with van der Waals surface area (Å²) in [5, 5.41) is 3.87. The first-order chi connectivity index (χ1) is 8.10. The van der Waals surface area contributed by atoms with E-state index in [9.17, 15) is 4.79 Å². The highest BCUT2D eigenvalue weighted by molar-refractivity contribution is 5.92. The Balaban J connectivity index is 2.67. The summed E-state index contributed by atoms with van der Waals surface area (Å²) in [6.45, 7) is 3.96. The van der Waals surface area contributed by atoms with Crippen LogP contribution < -0.4 is 11.1 Å². The zero-order valence-electron chi connectivity index (χ0n) is 9.64. The van der Waals surface area contributed by atoms with Crippen molar-refractivity contribution in [1.29, 1.82) is 0 Å². The molecule has 2 heterocycles. The Morgan fingerprint density at radius 2 is 2.18 bits per heavy atom. The number of pyridine rings is 1. The average Bonchev–Trinajstić information content (AvgIpc) is 2.28. The summed E-state index contributed by atoms with van der Waals surface area (Å²) in [6, 6.07) is 1.82. The number of anilines is 2. The van der Waals surface area contributed by atoms with Gasteiger partial charge in [-0.1, -0.05) is 0 Å². The number of carbonyl (C=O) groups is 1. The Morgan fingerprint density at radius 1 is 1.41 bits per heavy atom. The number of carbonyl (C=O) groups excluding carboxylic acids is 1. The number of hydrogen-bond donors (Lipinski definition) is 2. The molecule has 0 saturated heterocycles. The van der Waals surface area contributed by atoms with Crippen molar-refractivity contribution in [2.75, 3.05) is 11.1 Å². The molecule has 2 rings (SSSR count). The Hall–Kier alpha value is -2.24. The fourth-order valence-electron chi connectivity index (χ4n) is 1.51. The number of hydrogen-bond acceptors (Lipinski definition) is 6. The van der Waals surface area contributed by atoms with Gasteiger partial charge in [-0.3, -0.25) is 4.79 Å². The number of nitrogens with one attached hydrogen (secondary N) is 1. The lowest BCUT2D eigenvalue weighted by Crippen LogP contribution is -2.13. The van der Waals surface area contributed by atoms with Crippen LogP contribution in [0, 0.1) is 0 Å². The lowest BCUT2D eigenvalue weighted by Gasteiger charge is -2.11. The molecule has 0 atom stereocenters. The van der Waals surface area contributed by atoms with Crippen LogP contribution in [0.5, 0.6) is 0 Å². The first kappa shape index (κ1) is 11.3. The summed E-state index contributed by atoms with van der Waals surface area (Å²) in [4.78, 5) is 23.0. The predicted octanol–water partition coefficient (Wildman–Crippen LogP) is 1.24. The maximum atomic E-state index is 10.8. The molecule has 2 aromatic rings. The first-order valence-electron chi connectivity index (χ1n) is 5.25. The van der Waals surface area contributed by atoms with Crippen molar-refractivity contribution in [2.45, 2.75) is 19.9 Å². The largest absolute Gasteiger partial charge is 0.368 e. The molecular weight excluding hydrogens is 218 g/mol. The number of nitrogen functional groups attached to an aromatic ring is 1. The number of fused-ring (bicyclic) bond motifs is 1. The summed E-state index contributed by atoms with van der Waals surface area (Å²) >= 11 is 0. The van der Waals surface area contributed by atoms with E-state index in [1.165, 1.54) is 0 Å². The highest BCUT2D eigenvalue weighted by atomic mass is 16.1. The Kier molecular flexibility index (Phi) is 2.86. The fraction of sp³-hybridized carbons (Fsp3) is 0.273. The molecule has 0 bridgehead atoms. The van der Waals surface area contributed by atoms with Gasteiger partial charge in [-0.2, -0.15) is 0 Å². The van der Waals surface area contributed by atoms with Crippen LogP contribution >= 0.6 is 0 Å². The second-order valence-electron chi connectivity index (χ2n) is 3.98. The summed E-state index contributed by atoms with van der Waals surface area (Å²) < 4.78 is 0. The Bertz CT molecular complexity index is 567. The SMILES string of the molecule is CC(C)Nc1nc(C=O)cc2cnc(N)nc12. The van der Waals surface area contributed by atoms with Crippen LogP contribution in [0.25, 0.3) is 10.9 Å². The highest BCUT2D eigenvalue weighted by Crippen LogP contribution is 2.20. The zero-order chi connectivity index (χ0) is 12.4. The molecule has 6 heteroatoms. The van der Waals surface area contributed by atoms with Crippen molar-refractivity contribution in [3.05, 3.63) is 18.0 Å². The smallest absolute Gasteiger partial charge is 0.220 e. The van der Waals surface area contributed by atoms with Crippen molar-refractivity contribution in [3.8, 4) is 0 Å². The molecule has 0 amide bonds. The second-order valence-corrected chi connectivity index (χ2v) is 3.98. The second kappa shape index (κ2) is 4.32. The fourth-order valence-corrected chi connectivity index (χ4v) is 1.51. The topological polar surface area (TPSA) is 93.8 Å². The summed E-state index contributed by atoms with van der Waals surface area (Å²) in [6.07, 6.45) is 2.28. The minimum absolute atomic E-state index is 0.184. The molecule has 0 saturated carbocycles. The molecule has 6 nitrogen and oxygen atoms in total. The monoisotopic (exact) mass is 231 g/mol. The van der Waals surface area contributed by atoms with Crippen molar-refractivity contribution >= 4 is 29.0 Å². The van der Waals surface area contributed by atoms with Crippen LogP contribution in [-0.4, -0.2) is 27.3 Å². The maximum absolute atomic E-state index is 10.8. The van der Waals surface area contributed by atoms with Gasteiger partial charge in [-0.05, 0) is 19.9 Å². The molecule has 0 aromatic carbocycles. The third kappa shape index (κ3) is 2.30. The van der Waals surface area contributed by atoms with E-state index in [4.69, 9.17) is 5.73 Å². The molecule has 0 spiro atoms. The van der Waals surface area contributed by atoms with Gasteiger partial charge >= 0.3 is 0 Å². The maximum Gasteiger partial charge on any atom is 0.220 e. The van der Waals surface area contributed by atoms with Crippen LogP contribution in [0.3, 0.4) is 0 Å². The van der Waals surface area contributed by atoms with Crippen LogP contribution in [0.1, 0.15) is 24.3 Å². The Morgan fingerprint density at radius 3 is 2.82 bits per heavy atom. The lowest BCUT2D eigenvalue weighted by atomic mass is 10.2. The normalized spacial score (nSPS) is 10.8. The third-order valence-electron chi connectivity index (χ3n) is 2.15. The van der Waals surface area contributed by atoms with Gasteiger partial charge in [-0.25, -0.2) is 15.0 Å². The van der Waals surface area contributed by atoms with Gasteiger partial charge in [0.1, 0.15) is 11.2 Å².